The summed E-state index contributed by atoms with van der Waals surface area (Å²) in [6.07, 6.45) is 3.34. The fourth-order valence-electron chi connectivity index (χ4n) is 1.65. The number of hydrogen-bond donors (Lipinski definition) is 0. The lowest BCUT2D eigenvalue weighted by Crippen LogP contribution is -1.89. The first-order chi connectivity index (χ1) is 8.76. The predicted molar refractivity (Wildman–Crippen MR) is 70.1 cm³/mol. The number of hydrogen-bond acceptors (Lipinski definition) is 4. The van der Waals surface area contributed by atoms with Gasteiger partial charge in [0, 0.05) is 9.43 Å². The van der Waals surface area contributed by atoms with Crippen LogP contribution in [0, 0.1) is 18.3 Å². The molecule has 0 N–H and O–H groups in total. The molecule has 0 spiro atoms. The van der Waals surface area contributed by atoms with Crippen LogP contribution in [-0.4, -0.2) is 5.04 Å². The zero-order valence-electron chi connectivity index (χ0n) is 9.55. The molecule has 1 aliphatic heterocycles. The lowest BCUT2D eigenvalue weighted by Gasteiger charge is -2.05. The van der Waals surface area contributed by atoms with Gasteiger partial charge < -0.3 is 0 Å². The Balaban J connectivity index is 2.43. The van der Waals surface area contributed by atoms with Crippen LogP contribution in [0.15, 0.2) is 46.5 Å². The van der Waals surface area contributed by atoms with E-state index in [0.29, 0.717) is 10.6 Å². The van der Waals surface area contributed by atoms with E-state index in [1.54, 1.807) is 12.2 Å². The second-order valence-electron chi connectivity index (χ2n) is 3.60. The van der Waals surface area contributed by atoms with E-state index in [-0.39, 0.29) is 0 Å². The zero-order chi connectivity index (χ0) is 13.0. The van der Waals surface area contributed by atoms with Gasteiger partial charge in [0.1, 0.15) is 11.1 Å². The zero-order valence-corrected chi connectivity index (χ0v) is 10.4. The third-order valence-electron chi connectivity index (χ3n) is 2.49. The van der Waals surface area contributed by atoms with Gasteiger partial charge in [0.15, 0.2) is 0 Å². The fraction of sp³-hybridized carbons (Fsp3) is 0.0769. The highest BCUT2D eigenvalue weighted by Crippen LogP contribution is 2.34. The summed E-state index contributed by atoms with van der Waals surface area (Å²) in [5.41, 5.74) is 2.44. The Morgan fingerprint density at radius 3 is 2.83 bits per heavy atom. The normalized spacial score (nSPS) is 18.8. The molecule has 1 aromatic carbocycles. The molecule has 18 heavy (non-hydrogen) atoms. The van der Waals surface area contributed by atoms with E-state index >= 15 is 0 Å². The van der Waals surface area contributed by atoms with Crippen molar-refractivity contribution in [2.24, 2.45) is 5.16 Å². The van der Waals surface area contributed by atoms with E-state index in [2.05, 4.69) is 16.3 Å². The van der Waals surface area contributed by atoms with Crippen LogP contribution in [0.25, 0.3) is 5.57 Å². The van der Waals surface area contributed by atoms with Crippen LogP contribution in [0.1, 0.15) is 11.1 Å². The van der Waals surface area contributed by atoms with Gasteiger partial charge in [-0.3, -0.25) is 0 Å². The average Bonchev–Trinajstić information content (AvgIpc) is 2.82. The number of aryl methyl sites for hydroxylation is 1. The molecular formula is C13H9FN2OS. The Morgan fingerprint density at radius 2 is 2.17 bits per heavy atom. The summed E-state index contributed by atoms with van der Waals surface area (Å²) in [5, 5.41) is 16.1. The van der Waals surface area contributed by atoms with Gasteiger partial charge in [-0.05, 0) is 35.4 Å². The Hall–Kier alpha value is -2.06. The summed E-state index contributed by atoms with van der Waals surface area (Å²) in [6.45, 7) is 1.94. The molecule has 0 aliphatic carbocycles. The summed E-state index contributed by atoms with van der Waals surface area (Å²) >= 11 is 1.20. The molecule has 2 rings (SSSR count). The van der Waals surface area contributed by atoms with Crippen molar-refractivity contribution >= 4 is 22.4 Å². The number of nitrogens with zero attached hydrogens (tertiary/aromatic N) is 2. The highest BCUT2D eigenvalue weighted by atomic mass is 32.2. The first kappa shape index (κ1) is 12.4. The molecule has 0 atom stereocenters. The van der Waals surface area contributed by atoms with Gasteiger partial charge >= 0.3 is 0 Å². The topological polar surface area (TPSA) is 45.4 Å². The van der Waals surface area contributed by atoms with Crippen molar-refractivity contribution in [1.29, 1.82) is 5.26 Å². The van der Waals surface area contributed by atoms with Gasteiger partial charge in [-0.1, -0.05) is 36.0 Å². The number of halogens is 1. The Bertz CT molecular complexity index is 599. The van der Waals surface area contributed by atoms with Crippen molar-refractivity contribution in [3.05, 3.63) is 52.4 Å². The number of nitriles is 1. The van der Waals surface area contributed by atoms with Crippen molar-refractivity contribution in [2.45, 2.75) is 6.92 Å². The molecule has 0 amide bonds. The van der Waals surface area contributed by atoms with E-state index in [0.717, 1.165) is 16.0 Å². The van der Waals surface area contributed by atoms with Gasteiger partial charge in [-0.2, -0.15) is 10.3 Å². The number of thioether (sulfide) groups is 1. The van der Waals surface area contributed by atoms with Gasteiger partial charge in [0.05, 0.1) is 5.57 Å². The van der Waals surface area contributed by atoms with Gasteiger partial charge in [0.2, 0.25) is 0 Å². The first-order valence-electron chi connectivity index (χ1n) is 5.18. The second kappa shape index (κ2) is 5.52. The second-order valence-corrected chi connectivity index (χ2v) is 4.66. The summed E-state index contributed by atoms with van der Waals surface area (Å²) in [6, 6.07) is 9.80. The minimum atomic E-state index is 0.383. The molecule has 0 saturated heterocycles. The van der Waals surface area contributed by atoms with E-state index < -0.39 is 0 Å². The Morgan fingerprint density at radius 1 is 1.39 bits per heavy atom. The maximum atomic E-state index is 11.6. The van der Waals surface area contributed by atoms with Crippen LogP contribution in [0.3, 0.4) is 0 Å². The van der Waals surface area contributed by atoms with Crippen molar-refractivity contribution in [1.82, 2.24) is 0 Å². The molecular weight excluding hydrogens is 251 g/mol. The van der Waals surface area contributed by atoms with E-state index in [1.165, 1.54) is 11.8 Å². The molecule has 1 heterocycles. The largest absolute Gasteiger partial charge is 0.192 e. The van der Waals surface area contributed by atoms with Crippen LogP contribution in [-0.2, 0) is 5.04 Å². The van der Waals surface area contributed by atoms with E-state index in [1.807, 2.05) is 31.2 Å². The highest BCUT2D eigenvalue weighted by molar-refractivity contribution is 8.18. The van der Waals surface area contributed by atoms with Gasteiger partial charge in [-0.15, -0.1) is 0 Å². The van der Waals surface area contributed by atoms with Crippen LogP contribution >= 0.6 is 11.8 Å². The number of oxime groups is 1. The number of allylic oxidation sites excluding steroid dienone is 2. The van der Waals surface area contributed by atoms with E-state index in [4.69, 9.17) is 0 Å². The highest BCUT2D eigenvalue weighted by Gasteiger charge is 2.16. The van der Waals surface area contributed by atoms with Crippen LogP contribution < -0.4 is 0 Å². The molecule has 0 radical (unpaired) electrons. The van der Waals surface area contributed by atoms with E-state index in [9.17, 15) is 9.79 Å². The molecule has 0 unspecified atom stereocenters. The third kappa shape index (κ3) is 2.44. The predicted octanol–water partition coefficient (Wildman–Crippen LogP) is 3.75. The lowest BCUT2D eigenvalue weighted by molar-refractivity contribution is -0.130. The smallest absolute Gasteiger partial charge is 0.145 e. The lowest BCUT2D eigenvalue weighted by atomic mass is 10.0. The Labute approximate surface area is 108 Å². The average molecular weight is 260 g/mol. The molecule has 0 aromatic heterocycles. The van der Waals surface area contributed by atoms with Gasteiger partial charge in [-0.25, -0.2) is 0 Å². The molecule has 0 bridgehead atoms. The molecule has 5 heteroatoms. The molecule has 3 nitrogen and oxygen atoms in total. The molecule has 90 valence electrons. The summed E-state index contributed by atoms with van der Waals surface area (Å²) < 4.78 is 11.6. The van der Waals surface area contributed by atoms with Gasteiger partial charge in [0.25, 0.3) is 0 Å². The number of benzene rings is 1. The minimum absolute atomic E-state index is 0.383. The first-order valence-corrected chi connectivity index (χ1v) is 6.00. The summed E-state index contributed by atoms with van der Waals surface area (Å²) in [7, 11) is 0. The van der Waals surface area contributed by atoms with Crippen molar-refractivity contribution in [3.8, 4) is 6.07 Å². The maximum absolute atomic E-state index is 11.6. The molecule has 0 saturated carbocycles. The van der Waals surface area contributed by atoms with Crippen LogP contribution in [0.4, 0.5) is 4.53 Å². The fourth-order valence-corrected chi connectivity index (χ4v) is 2.47. The van der Waals surface area contributed by atoms with Crippen molar-refractivity contribution in [3.63, 3.8) is 0 Å². The third-order valence-corrected chi connectivity index (χ3v) is 3.47. The molecule has 1 aromatic rings. The maximum Gasteiger partial charge on any atom is 0.145 e. The van der Waals surface area contributed by atoms with Crippen LogP contribution in [0.2, 0.25) is 0 Å². The number of rotatable bonds is 2. The minimum Gasteiger partial charge on any atom is -0.192 e. The molecule has 1 aliphatic rings. The SMILES string of the molecule is Cc1ccccc1/C(C#N)=C1C=C/C(=N\OF)S/1. The van der Waals surface area contributed by atoms with Crippen molar-refractivity contribution in [2.75, 3.05) is 0 Å². The monoisotopic (exact) mass is 260 g/mol. The summed E-state index contributed by atoms with van der Waals surface area (Å²) in [4.78, 5) is 0.739. The molecule has 0 fully saturated rings. The van der Waals surface area contributed by atoms with Crippen LogP contribution in [0.5, 0.6) is 0 Å². The Kier molecular flexibility index (Phi) is 3.80. The quantitative estimate of drug-likeness (QED) is 0.601. The summed E-state index contributed by atoms with van der Waals surface area (Å²) in [5.74, 6) is 0. The van der Waals surface area contributed by atoms with Crippen molar-refractivity contribution < 1.29 is 9.57 Å². The standard InChI is InChI=1S/C13H9FN2OS/c1-9-4-2-3-5-10(9)11(8-15)12-6-7-13(18-12)16-17-14/h2-7H,1H3/b12-11-,16-13+.